The van der Waals surface area contributed by atoms with Crippen molar-refractivity contribution in [1.82, 2.24) is 14.4 Å². The van der Waals surface area contributed by atoms with Crippen molar-refractivity contribution < 1.29 is 17.6 Å². The molecule has 1 fully saturated rings. The Bertz CT molecular complexity index is 1470. The number of benzene rings is 2. The molecule has 3 aromatic rings. The number of oxazole rings is 1. The summed E-state index contributed by atoms with van der Waals surface area (Å²) in [5.41, 5.74) is 2.11. The van der Waals surface area contributed by atoms with E-state index < -0.39 is 21.8 Å². The lowest BCUT2D eigenvalue weighted by atomic mass is 10.1. The summed E-state index contributed by atoms with van der Waals surface area (Å²) >= 11 is 0. The van der Waals surface area contributed by atoms with Gasteiger partial charge in [-0.2, -0.15) is 8.42 Å². The molecule has 34 heavy (non-hydrogen) atoms. The molecule has 2 aliphatic heterocycles. The number of aromatic nitrogens is 1. The van der Waals surface area contributed by atoms with Crippen LogP contribution in [-0.2, 0) is 21.4 Å². The third-order valence-electron chi connectivity index (χ3n) is 6.15. The van der Waals surface area contributed by atoms with Gasteiger partial charge < -0.3 is 19.5 Å². The monoisotopic (exact) mass is 483 g/mol. The molecule has 11 heteroatoms. The summed E-state index contributed by atoms with van der Waals surface area (Å²) < 4.78 is 35.8. The molecule has 1 saturated heterocycles. The Morgan fingerprint density at radius 2 is 2.03 bits per heavy atom. The maximum atomic E-state index is 13.2. The van der Waals surface area contributed by atoms with E-state index in [1.54, 1.807) is 45.9 Å². The van der Waals surface area contributed by atoms with Crippen LogP contribution in [0, 0.1) is 0 Å². The van der Waals surface area contributed by atoms with Gasteiger partial charge in [0, 0.05) is 30.9 Å². The molecule has 10 nitrogen and oxygen atoms in total. The number of carbonyl (C=O) groups is 1. The fourth-order valence-electron chi connectivity index (χ4n) is 4.47. The summed E-state index contributed by atoms with van der Waals surface area (Å²) in [5.74, 6) is -0.385. The number of fused-ring (bicyclic) bond motifs is 2. The van der Waals surface area contributed by atoms with Crippen molar-refractivity contribution in [3.63, 3.8) is 0 Å². The third-order valence-corrected chi connectivity index (χ3v) is 7.47. The average molecular weight is 484 g/mol. The number of nitrogens with one attached hydrogen (secondary N) is 1. The molecule has 2 aromatic carbocycles. The van der Waals surface area contributed by atoms with Crippen LogP contribution in [-0.4, -0.2) is 67.8 Å². The number of rotatable bonds is 5. The lowest BCUT2D eigenvalue weighted by Gasteiger charge is -2.25. The topological polar surface area (TPSA) is 117 Å². The number of hydrogen-bond acceptors (Lipinski definition) is 7. The Labute approximate surface area is 196 Å². The third kappa shape index (κ3) is 3.90. The van der Waals surface area contributed by atoms with Gasteiger partial charge in [-0.1, -0.05) is 12.1 Å². The maximum Gasteiger partial charge on any atom is 0.419 e. The number of amides is 1. The molecule has 2 aliphatic rings. The molecule has 1 amide bonds. The normalized spacial score (nSPS) is 19.0. The van der Waals surface area contributed by atoms with Crippen molar-refractivity contribution in [3.8, 4) is 0 Å². The SMILES string of the molecule is CN(C)CCn1c(=O)oc2ccc(NC(=O)[C@@H]3CCCN3C3=NS(=O)(=O)c4ccccc43)cc21. The molecule has 0 saturated carbocycles. The number of likely N-dealkylation sites (tertiary alicyclic amines) is 1. The molecule has 1 atom stereocenters. The predicted molar refractivity (Wildman–Crippen MR) is 128 cm³/mol. The van der Waals surface area contributed by atoms with Crippen LogP contribution in [0.4, 0.5) is 5.69 Å². The Hall–Kier alpha value is -3.44. The highest BCUT2D eigenvalue weighted by Gasteiger charge is 2.39. The summed E-state index contributed by atoms with van der Waals surface area (Å²) in [7, 11) is 0.0722. The lowest BCUT2D eigenvalue weighted by Crippen LogP contribution is -2.43. The van der Waals surface area contributed by atoms with Crippen LogP contribution in [0.5, 0.6) is 0 Å². The summed E-state index contributed by atoms with van der Waals surface area (Å²) in [6.07, 6.45) is 1.32. The van der Waals surface area contributed by atoms with Crippen molar-refractivity contribution in [1.29, 1.82) is 0 Å². The van der Waals surface area contributed by atoms with Crippen LogP contribution < -0.4 is 11.1 Å². The molecular weight excluding hydrogens is 458 g/mol. The first kappa shape index (κ1) is 22.4. The van der Waals surface area contributed by atoms with Crippen LogP contribution >= 0.6 is 0 Å². The molecule has 178 valence electrons. The first-order chi connectivity index (χ1) is 16.2. The molecule has 3 heterocycles. The fourth-order valence-corrected chi connectivity index (χ4v) is 5.68. The second kappa shape index (κ2) is 8.41. The van der Waals surface area contributed by atoms with Gasteiger partial charge >= 0.3 is 5.76 Å². The molecule has 0 aliphatic carbocycles. The van der Waals surface area contributed by atoms with Gasteiger partial charge in [-0.3, -0.25) is 9.36 Å². The van der Waals surface area contributed by atoms with E-state index in [1.165, 1.54) is 6.07 Å². The first-order valence-corrected chi connectivity index (χ1v) is 12.5. The number of likely N-dealkylation sites (N-methyl/N-ethyl adjacent to an activating group) is 1. The zero-order valence-electron chi connectivity index (χ0n) is 18.9. The second-order valence-corrected chi connectivity index (χ2v) is 10.3. The summed E-state index contributed by atoms with van der Waals surface area (Å²) in [5, 5.41) is 2.92. The van der Waals surface area contributed by atoms with E-state index in [0.29, 0.717) is 54.2 Å². The minimum atomic E-state index is -3.77. The molecular formula is C23H25N5O5S. The number of hydrogen-bond donors (Lipinski definition) is 1. The van der Waals surface area contributed by atoms with E-state index in [2.05, 4.69) is 9.71 Å². The van der Waals surface area contributed by atoms with E-state index in [9.17, 15) is 18.0 Å². The molecule has 0 radical (unpaired) electrons. The average Bonchev–Trinajstić information content (AvgIpc) is 3.46. The maximum absolute atomic E-state index is 13.2. The van der Waals surface area contributed by atoms with E-state index in [0.717, 1.165) is 6.42 Å². The van der Waals surface area contributed by atoms with Gasteiger partial charge in [0.05, 0.1) is 5.52 Å². The summed E-state index contributed by atoms with van der Waals surface area (Å²) in [4.78, 5) is 29.4. The van der Waals surface area contributed by atoms with Gasteiger partial charge in [-0.25, -0.2) is 4.79 Å². The van der Waals surface area contributed by atoms with E-state index in [1.807, 2.05) is 19.0 Å². The van der Waals surface area contributed by atoms with Crippen molar-refractivity contribution in [2.24, 2.45) is 4.40 Å². The second-order valence-electron chi connectivity index (χ2n) is 8.73. The van der Waals surface area contributed by atoms with Crippen molar-refractivity contribution in [2.45, 2.75) is 30.3 Å². The van der Waals surface area contributed by atoms with Gasteiger partial charge in [0.15, 0.2) is 11.4 Å². The minimum absolute atomic E-state index is 0.164. The largest absolute Gasteiger partial charge is 0.419 e. The molecule has 0 unspecified atom stereocenters. The highest BCUT2D eigenvalue weighted by Crippen LogP contribution is 2.31. The summed E-state index contributed by atoms with van der Waals surface area (Å²) in [6, 6.07) is 11.2. The van der Waals surface area contributed by atoms with Crippen LogP contribution in [0.15, 0.2) is 61.0 Å². The van der Waals surface area contributed by atoms with Crippen molar-refractivity contribution in [3.05, 3.63) is 58.6 Å². The molecule has 1 aromatic heterocycles. The lowest BCUT2D eigenvalue weighted by molar-refractivity contribution is -0.119. The minimum Gasteiger partial charge on any atom is -0.408 e. The zero-order chi connectivity index (χ0) is 24.0. The van der Waals surface area contributed by atoms with E-state index in [-0.39, 0.29) is 10.8 Å². The number of carbonyl (C=O) groups excluding carboxylic acids is 1. The number of anilines is 1. The quantitative estimate of drug-likeness (QED) is 0.587. The van der Waals surface area contributed by atoms with Crippen LogP contribution in [0.1, 0.15) is 18.4 Å². The Morgan fingerprint density at radius 3 is 2.82 bits per heavy atom. The van der Waals surface area contributed by atoms with Gasteiger partial charge in [-0.15, -0.1) is 4.40 Å². The van der Waals surface area contributed by atoms with E-state index >= 15 is 0 Å². The molecule has 0 spiro atoms. The first-order valence-electron chi connectivity index (χ1n) is 11.0. The molecule has 1 N–H and O–H groups in total. The van der Waals surface area contributed by atoms with Crippen LogP contribution in [0.2, 0.25) is 0 Å². The Kier molecular flexibility index (Phi) is 5.53. The smallest absolute Gasteiger partial charge is 0.408 e. The number of nitrogens with zero attached hydrogens (tertiary/aromatic N) is 4. The van der Waals surface area contributed by atoms with Gasteiger partial charge in [0.1, 0.15) is 10.9 Å². The Balaban J connectivity index is 1.40. The van der Waals surface area contributed by atoms with E-state index in [4.69, 9.17) is 4.42 Å². The summed E-state index contributed by atoms with van der Waals surface area (Å²) in [6.45, 7) is 1.65. The highest BCUT2D eigenvalue weighted by atomic mass is 32.2. The number of sulfonamides is 1. The highest BCUT2D eigenvalue weighted by molar-refractivity contribution is 7.90. The van der Waals surface area contributed by atoms with Crippen LogP contribution in [0.3, 0.4) is 0 Å². The zero-order valence-corrected chi connectivity index (χ0v) is 19.7. The number of amidine groups is 1. The van der Waals surface area contributed by atoms with Gasteiger partial charge in [-0.05, 0) is 57.3 Å². The van der Waals surface area contributed by atoms with Gasteiger partial charge in [0.2, 0.25) is 5.91 Å². The van der Waals surface area contributed by atoms with Crippen molar-refractivity contribution in [2.75, 3.05) is 32.5 Å². The fraction of sp³-hybridized carbons (Fsp3) is 0.348. The molecule has 0 bridgehead atoms. The van der Waals surface area contributed by atoms with Gasteiger partial charge in [0.25, 0.3) is 10.0 Å². The molecule has 5 rings (SSSR count). The van der Waals surface area contributed by atoms with Crippen LogP contribution in [0.25, 0.3) is 11.1 Å². The standard InChI is InChI=1S/C23H25N5O5S/c1-26(2)12-13-28-18-14-15(9-10-19(18)33-23(28)30)24-22(29)17-7-5-11-27(17)21-16-6-3-4-8-20(16)34(31,32)25-21/h3-4,6,8-10,14,17H,5,7,11-13H2,1-2H3,(H,24,29)/t17-/m0/s1. The predicted octanol–water partition coefficient (Wildman–Crippen LogP) is 1.71. The van der Waals surface area contributed by atoms with Crippen molar-refractivity contribution >= 4 is 38.6 Å². The Morgan fingerprint density at radius 1 is 1.24 bits per heavy atom.